The summed E-state index contributed by atoms with van der Waals surface area (Å²) in [5, 5.41) is 0.558. The number of halogens is 1. The van der Waals surface area contributed by atoms with Gasteiger partial charge in [0.1, 0.15) is 6.54 Å². The zero-order valence-electron chi connectivity index (χ0n) is 21.4. The second-order valence-corrected chi connectivity index (χ2v) is 10.7. The van der Waals surface area contributed by atoms with Crippen molar-refractivity contribution < 1.29 is 14.3 Å². The van der Waals surface area contributed by atoms with Gasteiger partial charge in [0.25, 0.3) is 5.91 Å². The quantitative estimate of drug-likeness (QED) is 0.444. The van der Waals surface area contributed by atoms with Gasteiger partial charge in [-0.2, -0.15) is 0 Å². The molecule has 1 aromatic heterocycles. The first-order valence-corrected chi connectivity index (χ1v) is 12.7. The van der Waals surface area contributed by atoms with E-state index in [0.717, 1.165) is 11.3 Å². The second-order valence-electron chi connectivity index (χ2n) is 10.2. The Balaban J connectivity index is 1.61. The fourth-order valence-electron chi connectivity index (χ4n) is 4.65. The third-order valence-electron chi connectivity index (χ3n) is 6.72. The standard InChI is InChI=1S/C29H34ClN3O3/c1-29(2,3)23-11-7-21(8-12-23)27-25-6-5-15-31(25)16-17-33(27)26(34)20-32(18-19-36-4)28(35)22-9-13-24(30)14-10-22/h5-15,27H,16-20H2,1-4H3/t27-/m0/s1. The minimum Gasteiger partial charge on any atom is -0.383 e. The number of hydrogen-bond donors (Lipinski definition) is 0. The number of fused-ring (bicyclic) bond motifs is 1. The van der Waals surface area contributed by atoms with Crippen LogP contribution in [0.1, 0.15) is 54.0 Å². The van der Waals surface area contributed by atoms with Gasteiger partial charge in [-0.15, -0.1) is 0 Å². The molecule has 0 bridgehead atoms. The minimum atomic E-state index is -0.219. The lowest BCUT2D eigenvalue weighted by atomic mass is 9.86. The van der Waals surface area contributed by atoms with Crippen LogP contribution in [0, 0.1) is 0 Å². The zero-order valence-corrected chi connectivity index (χ0v) is 22.2. The van der Waals surface area contributed by atoms with Gasteiger partial charge in [-0.25, -0.2) is 0 Å². The lowest BCUT2D eigenvalue weighted by molar-refractivity contribution is -0.134. The lowest BCUT2D eigenvalue weighted by Crippen LogP contribution is -2.48. The maximum absolute atomic E-state index is 13.8. The summed E-state index contributed by atoms with van der Waals surface area (Å²) >= 11 is 6.00. The number of amides is 2. The van der Waals surface area contributed by atoms with Gasteiger partial charge in [-0.05, 0) is 52.9 Å². The van der Waals surface area contributed by atoms with Crippen molar-refractivity contribution in [3.63, 3.8) is 0 Å². The molecule has 2 aromatic carbocycles. The molecule has 0 saturated heterocycles. The van der Waals surface area contributed by atoms with Crippen molar-refractivity contribution in [2.45, 2.75) is 38.8 Å². The fraction of sp³-hybridized carbons (Fsp3) is 0.379. The Morgan fingerprint density at radius 3 is 2.36 bits per heavy atom. The molecule has 1 aliphatic rings. The van der Waals surface area contributed by atoms with E-state index < -0.39 is 0 Å². The van der Waals surface area contributed by atoms with Crippen molar-refractivity contribution in [2.75, 3.05) is 33.4 Å². The molecule has 1 aliphatic heterocycles. The van der Waals surface area contributed by atoms with Crippen molar-refractivity contribution in [3.8, 4) is 0 Å². The number of nitrogens with zero attached hydrogens (tertiary/aromatic N) is 3. The molecule has 0 aliphatic carbocycles. The smallest absolute Gasteiger partial charge is 0.254 e. The largest absolute Gasteiger partial charge is 0.383 e. The first-order valence-electron chi connectivity index (χ1n) is 12.3. The van der Waals surface area contributed by atoms with Crippen LogP contribution in [0.3, 0.4) is 0 Å². The SMILES string of the molecule is COCCN(CC(=O)N1CCn2cccc2[C@@H]1c1ccc(C(C)(C)C)cc1)C(=O)c1ccc(Cl)cc1. The predicted octanol–water partition coefficient (Wildman–Crippen LogP) is 5.16. The van der Waals surface area contributed by atoms with Crippen LogP contribution < -0.4 is 0 Å². The van der Waals surface area contributed by atoms with Crippen LogP contribution in [-0.2, 0) is 21.5 Å². The molecule has 36 heavy (non-hydrogen) atoms. The molecule has 6 nitrogen and oxygen atoms in total. The molecular weight excluding hydrogens is 474 g/mol. The van der Waals surface area contributed by atoms with Gasteiger partial charge in [-0.3, -0.25) is 9.59 Å². The highest BCUT2D eigenvalue weighted by Crippen LogP contribution is 2.34. The molecule has 0 radical (unpaired) electrons. The molecule has 0 N–H and O–H groups in total. The van der Waals surface area contributed by atoms with Crippen molar-refractivity contribution in [2.24, 2.45) is 0 Å². The van der Waals surface area contributed by atoms with Crippen LogP contribution in [0.2, 0.25) is 5.02 Å². The van der Waals surface area contributed by atoms with E-state index in [9.17, 15) is 9.59 Å². The van der Waals surface area contributed by atoms with Gasteiger partial charge in [0.05, 0.1) is 12.6 Å². The highest BCUT2D eigenvalue weighted by atomic mass is 35.5. The Kier molecular flexibility index (Phi) is 7.86. The van der Waals surface area contributed by atoms with E-state index in [-0.39, 0.29) is 29.8 Å². The summed E-state index contributed by atoms with van der Waals surface area (Å²) < 4.78 is 7.43. The van der Waals surface area contributed by atoms with E-state index in [1.54, 1.807) is 36.3 Å². The summed E-state index contributed by atoms with van der Waals surface area (Å²) in [7, 11) is 1.59. The molecule has 0 fully saturated rings. The number of hydrogen-bond acceptors (Lipinski definition) is 3. The van der Waals surface area contributed by atoms with E-state index in [0.29, 0.717) is 36.8 Å². The number of methoxy groups -OCH3 is 1. The van der Waals surface area contributed by atoms with E-state index in [2.05, 4.69) is 61.9 Å². The van der Waals surface area contributed by atoms with Gasteiger partial charge in [-0.1, -0.05) is 56.6 Å². The molecule has 0 spiro atoms. The second kappa shape index (κ2) is 10.9. The average Bonchev–Trinajstić information content (AvgIpc) is 3.34. The predicted molar refractivity (Wildman–Crippen MR) is 142 cm³/mol. The molecule has 4 rings (SSSR count). The van der Waals surface area contributed by atoms with E-state index in [1.807, 2.05) is 11.0 Å². The van der Waals surface area contributed by atoms with Crippen molar-refractivity contribution in [1.29, 1.82) is 0 Å². The zero-order chi connectivity index (χ0) is 25.9. The van der Waals surface area contributed by atoms with Crippen molar-refractivity contribution in [1.82, 2.24) is 14.4 Å². The Morgan fingerprint density at radius 1 is 1.03 bits per heavy atom. The summed E-state index contributed by atoms with van der Waals surface area (Å²) in [6.45, 7) is 8.49. The van der Waals surface area contributed by atoms with Crippen LogP contribution >= 0.6 is 11.6 Å². The fourth-order valence-corrected chi connectivity index (χ4v) is 4.78. The number of carbonyl (C=O) groups excluding carboxylic acids is 2. The Hall–Kier alpha value is -3.09. The topological polar surface area (TPSA) is 54.8 Å². The number of rotatable bonds is 7. The van der Waals surface area contributed by atoms with Gasteiger partial charge >= 0.3 is 0 Å². The molecule has 0 saturated carbocycles. The molecule has 3 aromatic rings. The number of carbonyl (C=O) groups is 2. The minimum absolute atomic E-state index is 0.0257. The summed E-state index contributed by atoms with van der Waals surface area (Å²) in [5.74, 6) is -0.311. The summed E-state index contributed by atoms with van der Waals surface area (Å²) in [6.07, 6.45) is 2.06. The van der Waals surface area contributed by atoms with Crippen molar-refractivity contribution in [3.05, 3.63) is 94.3 Å². The van der Waals surface area contributed by atoms with Gasteiger partial charge in [0.15, 0.2) is 0 Å². The van der Waals surface area contributed by atoms with E-state index >= 15 is 0 Å². The van der Waals surface area contributed by atoms with Crippen LogP contribution in [0.25, 0.3) is 0 Å². The first-order chi connectivity index (χ1) is 17.2. The molecule has 190 valence electrons. The third-order valence-corrected chi connectivity index (χ3v) is 6.97. The molecule has 1 atom stereocenters. The van der Waals surface area contributed by atoms with Gasteiger partial charge in [0, 0.05) is 49.2 Å². The monoisotopic (exact) mass is 507 g/mol. The first kappa shape index (κ1) is 26.0. The maximum atomic E-state index is 13.8. The Labute approximate surface area is 218 Å². The maximum Gasteiger partial charge on any atom is 0.254 e. The summed E-state index contributed by atoms with van der Waals surface area (Å²) in [6, 6.07) is 19.1. The molecule has 2 amide bonds. The van der Waals surface area contributed by atoms with Crippen LogP contribution in [0.4, 0.5) is 0 Å². The summed E-state index contributed by atoms with van der Waals surface area (Å²) in [4.78, 5) is 30.5. The number of benzene rings is 2. The van der Waals surface area contributed by atoms with Crippen LogP contribution in [0.15, 0.2) is 66.9 Å². The lowest BCUT2D eigenvalue weighted by Gasteiger charge is -2.38. The normalized spacial score (nSPS) is 15.5. The van der Waals surface area contributed by atoms with Crippen LogP contribution in [0.5, 0.6) is 0 Å². The molecular formula is C29H34ClN3O3. The van der Waals surface area contributed by atoms with Crippen molar-refractivity contribution >= 4 is 23.4 Å². The van der Waals surface area contributed by atoms with E-state index in [4.69, 9.17) is 16.3 Å². The van der Waals surface area contributed by atoms with Crippen LogP contribution in [-0.4, -0.2) is 59.5 Å². The highest BCUT2D eigenvalue weighted by Gasteiger charge is 2.33. The highest BCUT2D eigenvalue weighted by molar-refractivity contribution is 6.30. The molecule has 7 heteroatoms. The van der Waals surface area contributed by atoms with Gasteiger partial charge in [0.2, 0.25) is 5.91 Å². The van der Waals surface area contributed by atoms with E-state index in [1.165, 1.54) is 5.56 Å². The molecule has 0 unspecified atom stereocenters. The number of aromatic nitrogens is 1. The number of ether oxygens (including phenoxy) is 1. The third kappa shape index (κ3) is 5.66. The Morgan fingerprint density at radius 2 is 1.72 bits per heavy atom. The van der Waals surface area contributed by atoms with Gasteiger partial charge < -0.3 is 19.1 Å². The average molecular weight is 508 g/mol. The Bertz CT molecular complexity index is 1200. The molecule has 2 heterocycles. The summed E-state index contributed by atoms with van der Waals surface area (Å²) in [5.41, 5.74) is 3.92.